The minimum atomic E-state index is -0.322. The van der Waals surface area contributed by atoms with Gasteiger partial charge in [0.25, 0.3) is 0 Å². The highest BCUT2D eigenvalue weighted by atomic mass is 16.3. The Kier molecular flexibility index (Phi) is 6.55. The van der Waals surface area contributed by atoms with Crippen LogP contribution in [0.1, 0.15) is 25.7 Å². The first kappa shape index (κ1) is 9.66. The summed E-state index contributed by atoms with van der Waals surface area (Å²) in [7, 11) is 0. The van der Waals surface area contributed by atoms with Crippen molar-refractivity contribution >= 4 is 0 Å². The third-order valence-corrected chi connectivity index (χ3v) is 1.48. The second kappa shape index (κ2) is 6.78. The van der Waals surface area contributed by atoms with Gasteiger partial charge >= 0.3 is 0 Å². The molecule has 0 spiro atoms. The van der Waals surface area contributed by atoms with Crippen LogP contribution in [0.25, 0.3) is 0 Å². The van der Waals surface area contributed by atoms with Crippen molar-refractivity contribution in [2.75, 3.05) is 6.54 Å². The quantitative estimate of drug-likeness (QED) is 0.431. The lowest BCUT2D eigenvalue weighted by atomic mass is 10.1. The van der Waals surface area contributed by atoms with Crippen LogP contribution in [0.5, 0.6) is 0 Å². The standard InChI is InChI=1S/C8H17NO/c1-2-8(10)6-4-3-5-7-9/h2,8,10H,1,3-7,9H2/t8-/m1/s1. The number of unbranched alkanes of at least 4 members (excludes halogenated alkanes) is 2. The van der Waals surface area contributed by atoms with Gasteiger partial charge < -0.3 is 10.8 Å². The average molecular weight is 143 g/mol. The van der Waals surface area contributed by atoms with Gasteiger partial charge in [0.05, 0.1) is 6.10 Å². The predicted molar refractivity (Wildman–Crippen MR) is 43.7 cm³/mol. The minimum absolute atomic E-state index is 0.322. The van der Waals surface area contributed by atoms with Crippen molar-refractivity contribution in [1.82, 2.24) is 0 Å². The third-order valence-electron chi connectivity index (χ3n) is 1.48. The Morgan fingerprint density at radius 1 is 1.40 bits per heavy atom. The lowest BCUT2D eigenvalue weighted by Gasteiger charge is -2.02. The number of rotatable bonds is 6. The Labute approximate surface area is 62.7 Å². The van der Waals surface area contributed by atoms with E-state index in [1.807, 2.05) is 0 Å². The van der Waals surface area contributed by atoms with Gasteiger partial charge in [-0.25, -0.2) is 0 Å². The van der Waals surface area contributed by atoms with Crippen LogP contribution in [0.4, 0.5) is 0 Å². The predicted octanol–water partition coefficient (Wildman–Crippen LogP) is 1.05. The van der Waals surface area contributed by atoms with Gasteiger partial charge in [0.1, 0.15) is 0 Å². The number of aliphatic hydroxyl groups excluding tert-OH is 1. The molecule has 0 rings (SSSR count). The number of aliphatic hydroxyl groups is 1. The SMILES string of the molecule is C=C[C@@H](O)CCCCCN. The van der Waals surface area contributed by atoms with Crippen molar-refractivity contribution < 1.29 is 5.11 Å². The van der Waals surface area contributed by atoms with Gasteiger partial charge in [0.2, 0.25) is 0 Å². The van der Waals surface area contributed by atoms with Crippen molar-refractivity contribution in [2.45, 2.75) is 31.8 Å². The molecular formula is C8H17NO. The molecule has 0 aromatic heterocycles. The molecule has 1 atom stereocenters. The first-order valence-electron chi connectivity index (χ1n) is 3.82. The van der Waals surface area contributed by atoms with Gasteiger partial charge in [-0.1, -0.05) is 18.9 Å². The van der Waals surface area contributed by atoms with Crippen LogP contribution in [0.3, 0.4) is 0 Å². The molecule has 0 radical (unpaired) electrons. The van der Waals surface area contributed by atoms with Crippen LogP contribution >= 0.6 is 0 Å². The second-order valence-electron chi connectivity index (χ2n) is 2.44. The van der Waals surface area contributed by atoms with E-state index in [0.717, 1.165) is 32.2 Å². The molecule has 0 saturated carbocycles. The molecule has 10 heavy (non-hydrogen) atoms. The summed E-state index contributed by atoms with van der Waals surface area (Å²) in [5.41, 5.74) is 5.30. The van der Waals surface area contributed by atoms with Gasteiger partial charge in [0.15, 0.2) is 0 Å². The molecule has 0 aliphatic carbocycles. The zero-order chi connectivity index (χ0) is 7.82. The van der Waals surface area contributed by atoms with E-state index in [4.69, 9.17) is 10.8 Å². The van der Waals surface area contributed by atoms with Crippen LogP contribution in [-0.4, -0.2) is 17.8 Å². The van der Waals surface area contributed by atoms with Crippen LogP contribution in [0.2, 0.25) is 0 Å². The first-order valence-corrected chi connectivity index (χ1v) is 3.82. The van der Waals surface area contributed by atoms with Crippen molar-refractivity contribution in [3.63, 3.8) is 0 Å². The fourth-order valence-corrected chi connectivity index (χ4v) is 0.792. The Hall–Kier alpha value is -0.340. The van der Waals surface area contributed by atoms with Crippen molar-refractivity contribution in [3.8, 4) is 0 Å². The molecular weight excluding hydrogens is 126 g/mol. The summed E-state index contributed by atoms with van der Waals surface area (Å²) < 4.78 is 0. The fraction of sp³-hybridized carbons (Fsp3) is 0.750. The monoisotopic (exact) mass is 143 g/mol. The summed E-state index contributed by atoms with van der Waals surface area (Å²) in [6.45, 7) is 4.24. The van der Waals surface area contributed by atoms with Gasteiger partial charge in [-0.15, -0.1) is 6.58 Å². The highest BCUT2D eigenvalue weighted by molar-refractivity contribution is 4.77. The zero-order valence-electron chi connectivity index (χ0n) is 6.42. The summed E-state index contributed by atoms with van der Waals surface area (Å²) in [4.78, 5) is 0. The molecule has 2 heteroatoms. The first-order chi connectivity index (χ1) is 4.81. The average Bonchev–Trinajstić information content (AvgIpc) is 1.98. The largest absolute Gasteiger partial charge is 0.389 e. The smallest absolute Gasteiger partial charge is 0.0718 e. The number of hydrogen-bond acceptors (Lipinski definition) is 2. The van der Waals surface area contributed by atoms with E-state index in [2.05, 4.69) is 6.58 Å². The Balaban J connectivity index is 2.95. The molecule has 0 amide bonds. The summed E-state index contributed by atoms with van der Waals surface area (Å²) >= 11 is 0. The summed E-state index contributed by atoms with van der Waals surface area (Å²) in [6.07, 6.45) is 5.29. The van der Waals surface area contributed by atoms with E-state index in [1.165, 1.54) is 0 Å². The highest BCUT2D eigenvalue weighted by Gasteiger charge is 1.95. The van der Waals surface area contributed by atoms with Gasteiger partial charge in [-0.2, -0.15) is 0 Å². The van der Waals surface area contributed by atoms with Crippen molar-refractivity contribution in [2.24, 2.45) is 5.73 Å². The van der Waals surface area contributed by atoms with Crippen LogP contribution in [0.15, 0.2) is 12.7 Å². The molecule has 0 heterocycles. The molecule has 0 bridgehead atoms. The van der Waals surface area contributed by atoms with Crippen LogP contribution < -0.4 is 5.73 Å². The zero-order valence-corrected chi connectivity index (χ0v) is 6.42. The van der Waals surface area contributed by atoms with Crippen LogP contribution in [-0.2, 0) is 0 Å². The Bertz CT molecular complexity index is 83.3. The third kappa shape index (κ3) is 5.79. The van der Waals surface area contributed by atoms with E-state index >= 15 is 0 Å². The van der Waals surface area contributed by atoms with E-state index < -0.39 is 0 Å². The maximum absolute atomic E-state index is 9.01. The van der Waals surface area contributed by atoms with E-state index in [1.54, 1.807) is 6.08 Å². The molecule has 0 saturated heterocycles. The Morgan fingerprint density at radius 2 is 2.10 bits per heavy atom. The maximum atomic E-state index is 9.01. The van der Waals surface area contributed by atoms with E-state index in [9.17, 15) is 0 Å². The minimum Gasteiger partial charge on any atom is -0.389 e. The number of hydrogen-bond donors (Lipinski definition) is 2. The van der Waals surface area contributed by atoms with Crippen molar-refractivity contribution in [1.29, 1.82) is 0 Å². The molecule has 0 aliphatic rings. The lowest BCUT2D eigenvalue weighted by molar-refractivity contribution is 0.208. The van der Waals surface area contributed by atoms with Crippen molar-refractivity contribution in [3.05, 3.63) is 12.7 Å². The van der Waals surface area contributed by atoms with Gasteiger partial charge in [-0.3, -0.25) is 0 Å². The molecule has 0 fully saturated rings. The van der Waals surface area contributed by atoms with E-state index in [-0.39, 0.29) is 6.10 Å². The van der Waals surface area contributed by atoms with Gasteiger partial charge in [-0.05, 0) is 19.4 Å². The van der Waals surface area contributed by atoms with E-state index in [0.29, 0.717) is 0 Å². The Morgan fingerprint density at radius 3 is 2.60 bits per heavy atom. The number of nitrogens with two attached hydrogens (primary N) is 1. The maximum Gasteiger partial charge on any atom is 0.0718 e. The summed E-state index contributed by atoms with van der Waals surface area (Å²) in [5, 5.41) is 9.01. The highest BCUT2D eigenvalue weighted by Crippen LogP contribution is 2.02. The second-order valence-corrected chi connectivity index (χ2v) is 2.44. The topological polar surface area (TPSA) is 46.2 Å². The molecule has 0 aliphatic heterocycles. The molecule has 2 nitrogen and oxygen atoms in total. The lowest BCUT2D eigenvalue weighted by Crippen LogP contribution is -2.02. The molecule has 0 aromatic carbocycles. The summed E-state index contributed by atoms with van der Waals surface area (Å²) in [5.74, 6) is 0. The molecule has 3 N–H and O–H groups in total. The molecule has 60 valence electrons. The molecule has 0 unspecified atom stereocenters. The summed E-state index contributed by atoms with van der Waals surface area (Å²) in [6, 6.07) is 0. The normalized spacial score (nSPS) is 13.0. The van der Waals surface area contributed by atoms with Gasteiger partial charge in [0, 0.05) is 0 Å². The van der Waals surface area contributed by atoms with Crippen LogP contribution in [0, 0.1) is 0 Å². The molecule has 0 aromatic rings. The fourth-order valence-electron chi connectivity index (χ4n) is 0.792.